The van der Waals surface area contributed by atoms with Gasteiger partial charge in [-0.1, -0.05) is 0 Å². The molecule has 0 saturated carbocycles. The molecule has 0 bridgehead atoms. The Morgan fingerprint density at radius 1 is 1.50 bits per heavy atom. The van der Waals surface area contributed by atoms with Gasteiger partial charge in [-0.05, 0) is 13.0 Å². The molecule has 56 valence electrons. The third kappa shape index (κ3) is 5.11. The molecular weight excluding hydrogens is 156 g/mol. The minimum Gasteiger partial charge on any atom is -0.314 e. The molecule has 0 rings (SSSR count). The van der Waals surface area contributed by atoms with E-state index in [9.17, 15) is 9.59 Å². The second-order valence-electron chi connectivity index (χ2n) is 1.51. The van der Waals surface area contributed by atoms with Gasteiger partial charge in [0, 0.05) is 18.0 Å². The van der Waals surface area contributed by atoms with Gasteiger partial charge in [-0.15, -0.1) is 0 Å². The topological polar surface area (TPSA) is 58.2 Å². The summed E-state index contributed by atoms with van der Waals surface area (Å²) < 4.78 is 0. The van der Waals surface area contributed by atoms with Gasteiger partial charge in [-0.3, -0.25) is 4.79 Å². The van der Waals surface area contributed by atoms with Gasteiger partial charge in [0.15, 0.2) is 5.78 Å². The van der Waals surface area contributed by atoms with E-state index >= 15 is 0 Å². The zero-order valence-electron chi connectivity index (χ0n) is 5.35. The molecule has 0 aliphatic rings. The number of rotatable bonds is 2. The molecule has 2 N–H and O–H groups in total. The van der Waals surface area contributed by atoms with Crippen LogP contribution >= 0.6 is 11.8 Å². The van der Waals surface area contributed by atoms with Crippen molar-refractivity contribution in [3.63, 3.8) is 0 Å². The lowest BCUT2D eigenvalue weighted by atomic mass is 10.4. The van der Waals surface area contributed by atoms with Crippen LogP contribution in [-0.4, -0.2) is 11.8 Å². The van der Waals surface area contributed by atoms with E-state index in [-0.39, 0.29) is 5.78 Å². The van der Waals surface area contributed by atoms with Crippen molar-refractivity contribution in [2.24, 2.45) is 0 Å². The van der Waals surface area contributed by atoms with E-state index in [0.717, 1.165) is 0 Å². The zero-order chi connectivity index (χ0) is 7.98. The van der Waals surface area contributed by atoms with E-state index in [4.69, 9.17) is 11.8 Å². The molecule has 4 nitrogen and oxygen atoms in total. The number of ketones is 1. The number of halogens is 1. The van der Waals surface area contributed by atoms with Crippen LogP contribution in [0, 0.1) is 0 Å². The highest BCUT2D eigenvalue weighted by atomic mass is 35.5. The van der Waals surface area contributed by atoms with Crippen molar-refractivity contribution in [2.75, 3.05) is 0 Å². The lowest BCUT2D eigenvalue weighted by molar-refractivity contribution is -0.112. The molecule has 0 unspecified atom stereocenters. The Labute approximate surface area is 63.3 Å². The molecule has 0 aromatic carbocycles. The number of carbonyl (C=O) groups is 2. The number of nitrogens with one attached hydrogen (secondary N) is 2. The van der Waals surface area contributed by atoms with E-state index in [1.54, 1.807) is 4.84 Å². The van der Waals surface area contributed by atoms with Gasteiger partial charge in [0.2, 0.25) is 0 Å². The van der Waals surface area contributed by atoms with Crippen molar-refractivity contribution in [1.82, 2.24) is 10.2 Å². The van der Waals surface area contributed by atoms with Crippen molar-refractivity contribution in [3.05, 3.63) is 12.3 Å². The summed E-state index contributed by atoms with van der Waals surface area (Å²) in [5.41, 5.74) is 0. The van der Waals surface area contributed by atoms with Gasteiger partial charge in [-0.25, -0.2) is 9.63 Å². The lowest BCUT2D eigenvalue weighted by Crippen LogP contribution is -2.24. The molecule has 0 saturated heterocycles. The normalized spacial score (nSPS) is 9.40. The zero-order valence-corrected chi connectivity index (χ0v) is 6.11. The highest BCUT2D eigenvalue weighted by Crippen LogP contribution is 1.72. The van der Waals surface area contributed by atoms with Crippen LogP contribution in [0.4, 0.5) is 4.79 Å². The summed E-state index contributed by atoms with van der Waals surface area (Å²) in [6.45, 7) is 1.37. The summed E-state index contributed by atoms with van der Waals surface area (Å²) in [5, 5.41) is 2.18. The SMILES string of the molecule is CC(=O)/C=C/NC(=O)NCl. The third-order valence-corrected chi connectivity index (χ3v) is 0.790. The van der Waals surface area contributed by atoms with Crippen LogP contribution in [0.1, 0.15) is 6.92 Å². The Kier molecular flexibility index (Phi) is 4.32. The Hall–Kier alpha value is -1.03. The maximum absolute atomic E-state index is 10.3. The van der Waals surface area contributed by atoms with Gasteiger partial charge >= 0.3 is 6.03 Å². The molecule has 0 aromatic rings. The Balaban J connectivity index is 3.53. The van der Waals surface area contributed by atoms with Crippen LogP contribution in [0.25, 0.3) is 0 Å². The monoisotopic (exact) mass is 162 g/mol. The predicted octanol–water partition coefficient (Wildman–Crippen LogP) is 0.542. The second kappa shape index (κ2) is 4.81. The average Bonchev–Trinajstić information content (AvgIpc) is 1.87. The van der Waals surface area contributed by atoms with Crippen molar-refractivity contribution >= 4 is 23.6 Å². The fourth-order valence-corrected chi connectivity index (χ4v) is 0.317. The molecule has 0 fully saturated rings. The van der Waals surface area contributed by atoms with Crippen LogP contribution in [0.3, 0.4) is 0 Å². The first kappa shape index (κ1) is 8.97. The van der Waals surface area contributed by atoms with Crippen LogP contribution < -0.4 is 10.2 Å². The molecule has 0 aliphatic carbocycles. The quantitative estimate of drug-likeness (QED) is 0.460. The van der Waals surface area contributed by atoms with E-state index in [1.165, 1.54) is 19.2 Å². The number of hydrogen-bond donors (Lipinski definition) is 2. The first-order chi connectivity index (χ1) is 4.66. The molecule has 0 aliphatic heterocycles. The average molecular weight is 163 g/mol. The lowest BCUT2D eigenvalue weighted by Gasteiger charge is -1.92. The molecule has 5 heteroatoms. The van der Waals surface area contributed by atoms with Gasteiger partial charge in [0.1, 0.15) is 0 Å². The molecule has 0 heterocycles. The minimum atomic E-state index is -0.570. The summed E-state index contributed by atoms with van der Waals surface area (Å²) in [6, 6.07) is -0.570. The molecular formula is C5H7ClN2O2. The molecule has 2 amide bonds. The van der Waals surface area contributed by atoms with Crippen molar-refractivity contribution in [2.45, 2.75) is 6.92 Å². The Morgan fingerprint density at radius 2 is 2.10 bits per heavy atom. The van der Waals surface area contributed by atoms with Crippen molar-refractivity contribution in [3.8, 4) is 0 Å². The van der Waals surface area contributed by atoms with Gasteiger partial charge in [-0.2, -0.15) is 0 Å². The first-order valence-electron chi connectivity index (χ1n) is 2.51. The van der Waals surface area contributed by atoms with Crippen LogP contribution in [0.2, 0.25) is 0 Å². The van der Waals surface area contributed by atoms with Gasteiger partial charge < -0.3 is 5.32 Å². The molecule has 0 atom stereocenters. The van der Waals surface area contributed by atoms with Crippen LogP contribution in [0.15, 0.2) is 12.3 Å². The Morgan fingerprint density at radius 3 is 2.50 bits per heavy atom. The summed E-state index contributed by atoms with van der Waals surface area (Å²) in [6.07, 6.45) is 2.42. The third-order valence-electron chi connectivity index (χ3n) is 0.618. The first-order valence-corrected chi connectivity index (χ1v) is 2.89. The second-order valence-corrected chi connectivity index (χ2v) is 1.70. The summed E-state index contributed by atoms with van der Waals surface area (Å²) in [4.78, 5) is 22.3. The number of hydrogen-bond acceptors (Lipinski definition) is 2. The highest BCUT2D eigenvalue weighted by molar-refractivity contribution is 6.21. The maximum atomic E-state index is 10.3. The molecule has 0 aromatic heterocycles. The van der Waals surface area contributed by atoms with Crippen LogP contribution in [-0.2, 0) is 4.79 Å². The smallest absolute Gasteiger partial charge is 0.314 e. The largest absolute Gasteiger partial charge is 0.333 e. The van der Waals surface area contributed by atoms with E-state index < -0.39 is 6.03 Å². The summed E-state index contributed by atoms with van der Waals surface area (Å²) >= 11 is 4.89. The minimum absolute atomic E-state index is 0.144. The summed E-state index contributed by atoms with van der Waals surface area (Å²) in [7, 11) is 0. The summed E-state index contributed by atoms with van der Waals surface area (Å²) in [5.74, 6) is -0.144. The van der Waals surface area contributed by atoms with E-state index in [1.807, 2.05) is 0 Å². The maximum Gasteiger partial charge on any atom is 0.333 e. The predicted molar refractivity (Wildman–Crippen MR) is 37.3 cm³/mol. The number of amides is 2. The van der Waals surface area contributed by atoms with Crippen molar-refractivity contribution in [1.29, 1.82) is 0 Å². The number of allylic oxidation sites excluding steroid dienone is 1. The standard InChI is InChI=1S/C5H7ClN2O2/c1-4(9)2-3-7-5(10)8-6/h2-3H,1H3,(H2,7,8,10)/b3-2+. The van der Waals surface area contributed by atoms with Gasteiger partial charge in [0.25, 0.3) is 0 Å². The van der Waals surface area contributed by atoms with E-state index in [0.29, 0.717) is 0 Å². The van der Waals surface area contributed by atoms with E-state index in [2.05, 4.69) is 5.32 Å². The van der Waals surface area contributed by atoms with Crippen LogP contribution in [0.5, 0.6) is 0 Å². The van der Waals surface area contributed by atoms with Crippen molar-refractivity contribution < 1.29 is 9.59 Å². The Bertz CT molecular complexity index is 167. The number of urea groups is 1. The number of carbonyl (C=O) groups excluding carboxylic acids is 2. The molecule has 0 radical (unpaired) electrons. The molecule has 0 spiro atoms. The highest BCUT2D eigenvalue weighted by Gasteiger charge is 1.89. The fraction of sp³-hybridized carbons (Fsp3) is 0.200. The fourth-order valence-electron chi connectivity index (χ4n) is 0.262. The molecule has 10 heavy (non-hydrogen) atoms. The van der Waals surface area contributed by atoms with Gasteiger partial charge in [0.05, 0.1) is 0 Å².